The van der Waals surface area contributed by atoms with Crippen molar-refractivity contribution < 1.29 is 9.09 Å². The fourth-order valence-corrected chi connectivity index (χ4v) is 1.48. The molecule has 0 aromatic carbocycles. The van der Waals surface area contributed by atoms with E-state index in [-0.39, 0.29) is 6.10 Å². The molecule has 0 amide bonds. The molecule has 4 heteroatoms. The average molecular weight is 170 g/mol. The van der Waals surface area contributed by atoms with Gasteiger partial charge in [0.2, 0.25) is 0 Å². The second-order valence-electron chi connectivity index (χ2n) is 1.90. The van der Waals surface area contributed by atoms with Gasteiger partial charge in [-0.3, -0.25) is 0 Å². The quantitative estimate of drug-likeness (QED) is 0.477. The lowest BCUT2D eigenvalue weighted by molar-refractivity contribution is 0.257. The van der Waals surface area contributed by atoms with Crippen molar-refractivity contribution in [3.05, 3.63) is 0 Å². The van der Waals surface area contributed by atoms with Crippen LogP contribution >= 0.6 is 19.6 Å². The minimum atomic E-state index is -1.50. The number of hydrogen-bond donors (Lipinski definition) is 0. The Bertz CT molecular complexity index is 95.0. The maximum atomic E-state index is 10.7. The van der Waals surface area contributed by atoms with E-state index in [1.165, 1.54) is 0 Å². The summed E-state index contributed by atoms with van der Waals surface area (Å²) in [7, 11) is -1.50. The van der Waals surface area contributed by atoms with Gasteiger partial charge < -0.3 is 0 Å². The third kappa shape index (κ3) is 6.23. The van der Waals surface area contributed by atoms with E-state index in [9.17, 15) is 4.57 Å². The molecule has 0 spiro atoms. The molecule has 0 aliphatic carbocycles. The van der Waals surface area contributed by atoms with Crippen molar-refractivity contribution in [2.24, 2.45) is 0 Å². The number of alkyl halides is 1. The van der Waals surface area contributed by atoms with Crippen LogP contribution < -0.4 is 0 Å². The van der Waals surface area contributed by atoms with E-state index in [1.54, 1.807) is 0 Å². The molecule has 0 rings (SSSR count). The van der Waals surface area contributed by atoms with Crippen LogP contribution in [0.15, 0.2) is 0 Å². The van der Waals surface area contributed by atoms with E-state index < -0.39 is 8.03 Å². The van der Waals surface area contributed by atoms with Crippen LogP contribution in [-0.4, -0.2) is 18.1 Å². The van der Waals surface area contributed by atoms with Crippen LogP contribution in [0.5, 0.6) is 0 Å². The van der Waals surface area contributed by atoms with Crippen molar-refractivity contribution in [2.75, 3.05) is 12.0 Å². The smallest absolute Gasteiger partial charge is 0.144 e. The Hall–Kier alpha value is 0.350. The van der Waals surface area contributed by atoms with Gasteiger partial charge in [0, 0.05) is 0 Å². The molecule has 0 saturated carbocycles. The third-order valence-corrected chi connectivity index (χ3v) is 2.29. The highest BCUT2D eigenvalue weighted by molar-refractivity contribution is 7.39. The molecule has 0 saturated heterocycles. The normalized spacial score (nSPS) is 12.2. The summed E-state index contributed by atoms with van der Waals surface area (Å²) in [4.78, 5) is 0. The Labute approximate surface area is 61.4 Å². The summed E-state index contributed by atoms with van der Waals surface area (Å²) in [6.45, 7) is 3.70. The summed E-state index contributed by atoms with van der Waals surface area (Å²) in [6.07, 6.45) is 0.492. The highest BCUT2D eigenvalue weighted by atomic mass is 35.5. The topological polar surface area (TPSA) is 26.3 Å². The van der Waals surface area contributed by atoms with Gasteiger partial charge in [0.1, 0.15) is 6.10 Å². The van der Waals surface area contributed by atoms with E-state index in [4.69, 9.17) is 16.1 Å². The molecule has 54 valence electrons. The minimum Gasteiger partial charge on any atom is -0.144 e. The summed E-state index contributed by atoms with van der Waals surface area (Å²) in [5.74, 6) is 0.405. The van der Waals surface area contributed by atoms with Gasteiger partial charge >= 0.3 is 8.03 Å². The Morgan fingerprint density at radius 3 is 2.56 bits per heavy atom. The summed E-state index contributed by atoms with van der Waals surface area (Å²) in [6, 6.07) is 0. The lowest BCUT2D eigenvalue weighted by atomic mass is 10.5. The molecule has 0 fully saturated rings. The summed E-state index contributed by atoms with van der Waals surface area (Å²) >= 11 is 5.32. The van der Waals surface area contributed by atoms with Crippen LogP contribution in [-0.2, 0) is 9.09 Å². The third-order valence-electron chi connectivity index (χ3n) is 0.595. The fourth-order valence-electron chi connectivity index (χ4n) is 0.357. The SMILES string of the molecule is CC(C)O[P+](=O)CCCl. The maximum Gasteiger partial charge on any atom is 0.509 e. The van der Waals surface area contributed by atoms with Crippen LogP contribution in [0.1, 0.15) is 13.8 Å². The van der Waals surface area contributed by atoms with Crippen LogP contribution in [0.3, 0.4) is 0 Å². The van der Waals surface area contributed by atoms with E-state index >= 15 is 0 Å². The molecule has 0 aromatic rings. The summed E-state index contributed by atoms with van der Waals surface area (Å²) < 4.78 is 15.6. The molecule has 1 atom stereocenters. The molecule has 2 nitrogen and oxygen atoms in total. The fraction of sp³-hybridized carbons (Fsp3) is 1.00. The van der Waals surface area contributed by atoms with Crippen molar-refractivity contribution in [1.82, 2.24) is 0 Å². The Morgan fingerprint density at radius 1 is 1.67 bits per heavy atom. The zero-order valence-corrected chi connectivity index (χ0v) is 7.28. The molecule has 1 unspecified atom stereocenters. The van der Waals surface area contributed by atoms with E-state index in [2.05, 4.69) is 0 Å². The highest BCUT2D eigenvalue weighted by Crippen LogP contribution is 2.23. The Balaban J connectivity index is 3.27. The molecule has 0 aromatic heterocycles. The lowest BCUT2D eigenvalue weighted by Crippen LogP contribution is -1.96. The van der Waals surface area contributed by atoms with Gasteiger partial charge in [-0.15, -0.1) is 16.1 Å². The zero-order valence-electron chi connectivity index (χ0n) is 5.63. The first-order chi connectivity index (χ1) is 4.16. The van der Waals surface area contributed by atoms with Gasteiger partial charge in [0.05, 0.1) is 5.88 Å². The van der Waals surface area contributed by atoms with Crippen LogP contribution in [0.4, 0.5) is 0 Å². The van der Waals surface area contributed by atoms with Gasteiger partial charge in [-0.1, -0.05) is 0 Å². The Kier molecular flexibility index (Phi) is 5.36. The van der Waals surface area contributed by atoms with Crippen molar-refractivity contribution in [1.29, 1.82) is 0 Å². The first kappa shape index (κ1) is 9.35. The average Bonchev–Trinajstić information content (AvgIpc) is 1.63. The van der Waals surface area contributed by atoms with Crippen LogP contribution in [0.2, 0.25) is 0 Å². The van der Waals surface area contributed by atoms with Crippen LogP contribution in [0.25, 0.3) is 0 Å². The number of hydrogen-bond acceptors (Lipinski definition) is 2. The number of halogens is 1. The first-order valence-corrected chi connectivity index (χ1v) is 4.74. The predicted octanol–water partition coefficient (Wildman–Crippen LogP) is 2.39. The minimum absolute atomic E-state index is 0.0387. The lowest BCUT2D eigenvalue weighted by Gasteiger charge is -1.90. The molecular weight excluding hydrogens is 158 g/mol. The van der Waals surface area contributed by atoms with E-state index in [0.717, 1.165) is 0 Å². The van der Waals surface area contributed by atoms with Gasteiger partial charge in [0.25, 0.3) is 0 Å². The summed E-state index contributed by atoms with van der Waals surface area (Å²) in [5.41, 5.74) is 0. The van der Waals surface area contributed by atoms with E-state index in [0.29, 0.717) is 12.0 Å². The van der Waals surface area contributed by atoms with Gasteiger partial charge in [-0.05, 0) is 18.4 Å². The molecule has 0 radical (unpaired) electrons. The zero-order chi connectivity index (χ0) is 7.28. The number of rotatable bonds is 4. The largest absolute Gasteiger partial charge is 0.509 e. The summed E-state index contributed by atoms with van der Waals surface area (Å²) in [5, 5.41) is 0. The van der Waals surface area contributed by atoms with Crippen molar-refractivity contribution in [3.8, 4) is 0 Å². The maximum absolute atomic E-state index is 10.7. The van der Waals surface area contributed by atoms with Crippen molar-refractivity contribution >= 4 is 19.6 Å². The molecule has 0 N–H and O–H groups in total. The highest BCUT2D eigenvalue weighted by Gasteiger charge is 2.17. The standard InChI is InChI=1S/C5H11ClO2P/c1-5(2)8-9(7)4-3-6/h5H,3-4H2,1-2H3/q+1. The first-order valence-electron chi connectivity index (χ1n) is 2.84. The van der Waals surface area contributed by atoms with Gasteiger partial charge in [-0.25, -0.2) is 0 Å². The monoisotopic (exact) mass is 169 g/mol. The van der Waals surface area contributed by atoms with E-state index in [1.807, 2.05) is 13.8 Å². The molecule has 9 heavy (non-hydrogen) atoms. The molecule has 0 aliphatic heterocycles. The second-order valence-corrected chi connectivity index (χ2v) is 3.60. The van der Waals surface area contributed by atoms with Gasteiger partial charge in [0.15, 0.2) is 6.16 Å². The van der Waals surface area contributed by atoms with Crippen molar-refractivity contribution in [3.63, 3.8) is 0 Å². The second kappa shape index (κ2) is 5.16. The molecular formula is C5H11ClO2P+. The van der Waals surface area contributed by atoms with Crippen molar-refractivity contribution in [2.45, 2.75) is 20.0 Å². The molecule has 0 heterocycles. The molecule has 0 aliphatic rings. The Morgan fingerprint density at radius 2 is 2.22 bits per heavy atom. The van der Waals surface area contributed by atoms with Crippen LogP contribution in [0, 0.1) is 0 Å². The van der Waals surface area contributed by atoms with Gasteiger partial charge in [-0.2, -0.15) is 0 Å². The molecule has 0 bridgehead atoms. The predicted molar refractivity (Wildman–Crippen MR) is 39.4 cm³/mol.